The number of fused-ring (bicyclic) bond motifs is 1. The van der Waals surface area contributed by atoms with Gasteiger partial charge >= 0.3 is 0 Å². The molecule has 3 heterocycles. The Bertz CT molecular complexity index is 1270. The molecule has 0 saturated carbocycles. The molecule has 1 amide bonds. The first-order valence-electron chi connectivity index (χ1n) is 12.2. The van der Waals surface area contributed by atoms with Gasteiger partial charge in [0.2, 0.25) is 0 Å². The Morgan fingerprint density at radius 3 is 2.60 bits per heavy atom. The summed E-state index contributed by atoms with van der Waals surface area (Å²) in [7, 11) is 1.58. The van der Waals surface area contributed by atoms with Gasteiger partial charge in [-0.2, -0.15) is 0 Å². The highest BCUT2D eigenvalue weighted by Crippen LogP contribution is 2.28. The fourth-order valence-electron chi connectivity index (χ4n) is 4.56. The lowest BCUT2D eigenvalue weighted by atomic mass is 10.1. The van der Waals surface area contributed by atoms with Crippen LogP contribution in [0.2, 0.25) is 0 Å². The lowest BCUT2D eigenvalue weighted by Gasteiger charge is -2.28. The molecule has 2 aromatic heterocycles. The summed E-state index contributed by atoms with van der Waals surface area (Å²) in [6.07, 6.45) is 4.46. The van der Waals surface area contributed by atoms with Crippen LogP contribution in [0.25, 0.3) is 10.9 Å². The van der Waals surface area contributed by atoms with Crippen molar-refractivity contribution in [2.75, 3.05) is 38.3 Å². The Balaban J connectivity index is 1.76. The van der Waals surface area contributed by atoms with Gasteiger partial charge in [0, 0.05) is 56.0 Å². The molecule has 35 heavy (non-hydrogen) atoms. The molecule has 186 valence electrons. The second-order valence-electron chi connectivity index (χ2n) is 9.25. The maximum atomic E-state index is 14.0. The van der Waals surface area contributed by atoms with E-state index in [4.69, 9.17) is 9.72 Å². The normalized spacial score (nSPS) is 14.2. The number of carbonyl (C=O) groups is 1. The van der Waals surface area contributed by atoms with E-state index in [1.54, 1.807) is 24.1 Å². The Labute approximate surface area is 204 Å². The Kier molecular flexibility index (Phi) is 7.80. The number of pyridine rings is 2. The van der Waals surface area contributed by atoms with E-state index in [1.165, 1.54) is 25.0 Å². The molecule has 0 unspecified atom stereocenters. The molecule has 0 atom stereocenters. The van der Waals surface area contributed by atoms with Crippen molar-refractivity contribution in [1.29, 1.82) is 0 Å². The van der Waals surface area contributed by atoms with Crippen LogP contribution in [0, 0.1) is 19.7 Å². The fourth-order valence-corrected chi connectivity index (χ4v) is 4.56. The maximum absolute atomic E-state index is 14.0. The van der Waals surface area contributed by atoms with Gasteiger partial charge in [0.15, 0.2) is 0 Å². The minimum Gasteiger partial charge on any atom is -0.383 e. The largest absolute Gasteiger partial charge is 0.383 e. The molecule has 0 bridgehead atoms. The topological polar surface area (TPSA) is 78.5 Å². The van der Waals surface area contributed by atoms with Crippen molar-refractivity contribution in [3.05, 3.63) is 68.9 Å². The fraction of sp³-hybridized carbons (Fsp3) is 0.444. The number of ether oxygens (including phenoxy) is 1. The third kappa shape index (κ3) is 5.70. The molecule has 3 aromatic rings. The Hall–Kier alpha value is -3.26. The summed E-state index contributed by atoms with van der Waals surface area (Å²) in [5, 5.41) is 0.808. The van der Waals surface area contributed by atoms with E-state index in [1.807, 2.05) is 19.9 Å². The smallest absolute Gasteiger partial charge is 0.261 e. The first kappa shape index (κ1) is 24.9. The number of aromatic nitrogens is 2. The van der Waals surface area contributed by atoms with Crippen LogP contribution >= 0.6 is 0 Å². The highest BCUT2D eigenvalue weighted by molar-refractivity contribution is 5.94. The second-order valence-corrected chi connectivity index (χ2v) is 9.25. The summed E-state index contributed by atoms with van der Waals surface area (Å²) in [5.74, 6) is 0.0899. The quantitative estimate of drug-likeness (QED) is 0.544. The number of anilines is 1. The Morgan fingerprint density at radius 1 is 1.14 bits per heavy atom. The molecule has 1 aliphatic heterocycles. The van der Waals surface area contributed by atoms with Crippen molar-refractivity contribution < 1.29 is 13.9 Å². The molecular formula is C27H33FN4O3. The molecule has 1 saturated heterocycles. The lowest BCUT2D eigenvalue weighted by molar-refractivity contribution is 0.0678. The van der Waals surface area contributed by atoms with Crippen molar-refractivity contribution in [3.8, 4) is 0 Å². The van der Waals surface area contributed by atoms with Gasteiger partial charge in [-0.05, 0) is 56.5 Å². The summed E-state index contributed by atoms with van der Waals surface area (Å²) >= 11 is 0. The van der Waals surface area contributed by atoms with Gasteiger partial charge in [-0.15, -0.1) is 0 Å². The molecule has 8 heteroatoms. The van der Waals surface area contributed by atoms with Crippen LogP contribution in [0.1, 0.15) is 52.9 Å². The standard InChI is InChI=1S/C27H33FN4O3/c1-18-14-23(26(33)29-19(18)2)27(34)32(12-13-35-3)17-21-15-20-8-9-22(28)16-24(20)30-25(21)31-10-6-4-5-7-11-31/h8-9,14-16H,4-7,10-13,17H2,1-3H3,(H,29,33). The minimum atomic E-state index is -0.402. The monoisotopic (exact) mass is 480 g/mol. The molecule has 0 spiro atoms. The van der Waals surface area contributed by atoms with Crippen LogP contribution < -0.4 is 10.5 Å². The number of hydrogen-bond donors (Lipinski definition) is 1. The third-order valence-corrected chi connectivity index (χ3v) is 6.68. The van der Waals surface area contributed by atoms with Crippen molar-refractivity contribution in [3.63, 3.8) is 0 Å². The maximum Gasteiger partial charge on any atom is 0.261 e. The van der Waals surface area contributed by atoms with E-state index >= 15 is 0 Å². The summed E-state index contributed by atoms with van der Waals surface area (Å²) in [6, 6.07) is 8.21. The molecule has 0 radical (unpaired) electrons. The van der Waals surface area contributed by atoms with Crippen molar-refractivity contribution in [1.82, 2.24) is 14.9 Å². The van der Waals surface area contributed by atoms with Crippen LogP contribution in [-0.2, 0) is 11.3 Å². The predicted molar refractivity (Wildman–Crippen MR) is 136 cm³/mol. The van der Waals surface area contributed by atoms with E-state index in [9.17, 15) is 14.0 Å². The van der Waals surface area contributed by atoms with Crippen molar-refractivity contribution >= 4 is 22.6 Å². The van der Waals surface area contributed by atoms with E-state index in [-0.39, 0.29) is 23.8 Å². The van der Waals surface area contributed by atoms with Gasteiger partial charge in [0.1, 0.15) is 17.2 Å². The average Bonchev–Trinajstić information content (AvgIpc) is 3.12. The summed E-state index contributed by atoms with van der Waals surface area (Å²) < 4.78 is 19.2. The van der Waals surface area contributed by atoms with Gasteiger partial charge in [0.25, 0.3) is 11.5 Å². The van der Waals surface area contributed by atoms with Crippen LogP contribution in [0.4, 0.5) is 10.2 Å². The number of aromatic amines is 1. The minimum absolute atomic E-state index is 0.108. The van der Waals surface area contributed by atoms with Gasteiger partial charge in [-0.1, -0.05) is 12.8 Å². The molecule has 1 aliphatic rings. The first-order chi connectivity index (χ1) is 16.9. The molecular weight excluding hydrogens is 447 g/mol. The number of rotatable bonds is 7. The first-order valence-corrected chi connectivity index (χ1v) is 12.2. The van der Waals surface area contributed by atoms with Crippen LogP contribution in [0.15, 0.2) is 35.1 Å². The van der Waals surface area contributed by atoms with Crippen LogP contribution in [-0.4, -0.2) is 54.1 Å². The summed E-state index contributed by atoms with van der Waals surface area (Å²) in [4.78, 5) is 37.7. The SMILES string of the molecule is COCCN(Cc1cc2ccc(F)cc2nc1N1CCCCCC1)C(=O)c1cc(C)c(C)[nH]c1=O. The van der Waals surface area contributed by atoms with E-state index in [0.29, 0.717) is 18.7 Å². The lowest BCUT2D eigenvalue weighted by Crippen LogP contribution is -2.37. The summed E-state index contributed by atoms with van der Waals surface area (Å²) in [5.41, 5.74) is 2.75. The van der Waals surface area contributed by atoms with Gasteiger partial charge in [-0.3, -0.25) is 9.59 Å². The molecule has 1 fully saturated rings. The van der Waals surface area contributed by atoms with Gasteiger partial charge < -0.3 is 19.5 Å². The average molecular weight is 481 g/mol. The van der Waals surface area contributed by atoms with E-state index in [2.05, 4.69) is 9.88 Å². The van der Waals surface area contributed by atoms with E-state index < -0.39 is 5.56 Å². The number of hydrogen-bond acceptors (Lipinski definition) is 5. The summed E-state index contributed by atoms with van der Waals surface area (Å²) in [6.45, 7) is 6.33. The van der Waals surface area contributed by atoms with Crippen LogP contribution in [0.3, 0.4) is 0 Å². The van der Waals surface area contributed by atoms with Crippen LogP contribution in [0.5, 0.6) is 0 Å². The number of halogens is 1. The predicted octanol–water partition coefficient (Wildman–Crippen LogP) is 4.35. The van der Waals surface area contributed by atoms with Crippen molar-refractivity contribution in [2.24, 2.45) is 0 Å². The van der Waals surface area contributed by atoms with Gasteiger partial charge in [-0.25, -0.2) is 9.37 Å². The zero-order valence-corrected chi connectivity index (χ0v) is 20.7. The molecule has 4 rings (SSSR count). The number of nitrogens with zero attached hydrogens (tertiary/aromatic N) is 3. The zero-order valence-electron chi connectivity index (χ0n) is 20.7. The number of H-pyrrole nitrogens is 1. The molecule has 1 aromatic carbocycles. The highest BCUT2D eigenvalue weighted by atomic mass is 19.1. The highest BCUT2D eigenvalue weighted by Gasteiger charge is 2.24. The Morgan fingerprint density at radius 2 is 1.89 bits per heavy atom. The number of benzene rings is 1. The second kappa shape index (κ2) is 11.0. The number of methoxy groups -OCH3 is 1. The molecule has 1 N–H and O–H groups in total. The van der Waals surface area contributed by atoms with Gasteiger partial charge in [0.05, 0.1) is 12.1 Å². The number of nitrogens with one attached hydrogen (secondary N) is 1. The molecule has 0 aliphatic carbocycles. The van der Waals surface area contributed by atoms with E-state index in [0.717, 1.165) is 54.0 Å². The number of carbonyl (C=O) groups excluding carboxylic acids is 1. The van der Waals surface area contributed by atoms with Crippen molar-refractivity contribution in [2.45, 2.75) is 46.1 Å². The number of aryl methyl sites for hydroxylation is 2. The zero-order chi connectivity index (χ0) is 24.9. The third-order valence-electron chi connectivity index (χ3n) is 6.68. The number of amides is 1. The molecule has 7 nitrogen and oxygen atoms in total.